The number of aromatic hydroxyl groups is 2. The number of anilines is 2. The number of phenolic OH excluding ortho intramolecular Hbond substituents is 2. The van der Waals surface area contributed by atoms with E-state index in [1.807, 2.05) is 0 Å². The SMILES string of the molecule is Nc1ccc(Oc2ccccc2C(c2ccccc2Oc2ccc(N)c(O)c2)(C(F)(F)F)C(F)(F)F)cc1O. The zero-order chi connectivity index (χ0) is 28.6. The Kier molecular flexibility index (Phi) is 6.90. The molecule has 0 aliphatic carbocycles. The van der Waals surface area contributed by atoms with Crippen LogP contribution in [0.3, 0.4) is 0 Å². The molecular weight excluding hydrogens is 530 g/mol. The maximum atomic E-state index is 15.0. The molecule has 0 aromatic heterocycles. The summed E-state index contributed by atoms with van der Waals surface area (Å²) in [5.41, 5.74) is 3.71. The van der Waals surface area contributed by atoms with Crippen LogP contribution in [0.5, 0.6) is 34.5 Å². The van der Waals surface area contributed by atoms with Gasteiger partial charge in [-0.1, -0.05) is 36.4 Å². The molecule has 0 radical (unpaired) electrons. The van der Waals surface area contributed by atoms with Gasteiger partial charge in [-0.05, 0) is 36.4 Å². The largest absolute Gasteiger partial charge is 0.506 e. The van der Waals surface area contributed by atoms with Crippen molar-refractivity contribution in [2.24, 2.45) is 0 Å². The average Bonchev–Trinajstić information content (AvgIpc) is 2.84. The summed E-state index contributed by atoms with van der Waals surface area (Å²) in [7, 11) is 0. The van der Waals surface area contributed by atoms with Crippen molar-refractivity contribution in [3.8, 4) is 34.5 Å². The Morgan fingerprint density at radius 3 is 1.23 bits per heavy atom. The zero-order valence-electron chi connectivity index (χ0n) is 19.7. The minimum absolute atomic E-state index is 0.0738. The van der Waals surface area contributed by atoms with E-state index in [2.05, 4.69) is 0 Å². The quantitative estimate of drug-likeness (QED) is 0.114. The lowest BCUT2D eigenvalue weighted by atomic mass is 9.72. The monoisotopic (exact) mass is 550 g/mol. The van der Waals surface area contributed by atoms with Crippen LogP contribution in [0.1, 0.15) is 11.1 Å². The van der Waals surface area contributed by atoms with E-state index in [-0.39, 0.29) is 22.9 Å². The number of phenols is 2. The summed E-state index contributed by atoms with van der Waals surface area (Å²) < 4.78 is 101. The molecular formula is C27H20F6N2O4. The van der Waals surface area contributed by atoms with E-state index in [0.29, 0.717) is 12.1 Å². The molecule has 0 bridgehead atoms. The number of benzene rings is 4. The summed E-state index contributed by atoms with van der Waals surface area (Å²) in [6.07, 6.45) is -11.9. The number of halogens is 6. The number of ether oxygens (including phenoxy) is 2. The van der Waals surface area contributed by atoms with Crippen molar-refractivity contribution in [2.45, 2.75) is 17.8 Å². The molecule has 4 aromatic rings. The Labute approximate surface area is 217 Å². The summed E-state index contributed by atoms with van der Waals surface area (Å²) in [5, 5.41) is 19.7. The Morgan fingerprint density at radius 1 is 0.538 bits per heavy atom. The molecule has 4 rings (SSSR count). The van der Waals surface area contributed by atoms with E-state index in [0.717, 1.165) is 36.4 Å². The summed E-state index contributed by atoms with van der Waals surface area (Å²) in [6.45, 7) is 0. The second-order valence-corrected chi connectivity index (χ2v) is 8.38. The lowest BCUT2D eigenvalue weighted by Gasteiger charge is -2.39. The first kappa shape index (κ1) is 27.3. The van der Waals surface area contributed by atoms with Crippen LogP contribution in [0.15, 0.2) is 84.9 Å². The van der Waals surface area contributed by atoms with Crippen LogP contribution in [-0.4, -0.2) is 22.6 Å². The van der Waals surface area contributed by atoms with Crippen molar-refractivity contribution in [3.05, 3.63) is 96.1 Å². The summed E-state index contributed by atoms with van der Waals surface area (Å²) >= 11 is 0. The van der Waals surface area contributed by atoms with Gasteiger partial charge >= 0.3 is 12.4 Å². The minimum Gasteiger partial charge on any atom is -0.506 e. The third kappa shape index (κ3) is 4.92. The molecule has 4 aromatic carbocycles. The number of para-hydroxylation sites is 2. The highest BCUT2D eigenvalue weighted by Gasteiger charge is 2.74. The standard InChI is InChI=1S/C27H20F6N2O4/c28-26(29,30)25(27(31,32)33,17-5-1-3-7-23(17)38-15-9-11-19(34)21(36)13-15)18-6-2-4-8-24(18)39-16-10-12-20(35)22(37)14-16/h1-14,36-37H,34-35H2. The molecule has 204 valence electrons. The average molecular weight is 550 g/mol. The zero-order valence-corrected chi connectivity index (χ0v) is 19.7. The van der Waals surface area contributed by atoms with Gasteiger partial charge in [0, 0.05) is 23.3 Å². The van der Waals surface area contributed by atoms with Crippen LogP contribution in [0.4, 0.5) is 37.7 Å². The Hall–Kier alpha value is -4.74. The predicted octanol–water partition coefficient (Wildman–Crippen LogP) is 7.26. The van der Waals surface area contributed by atoms with E-state index in [1.165, 1.54) is 36.4 Å². The molecule has 6 N–H and O–H groups in total. The van der Waals surface area contributed by atoms with Gasteiger partial charge in [0.05, 0.1) is 11.4 Å². The fraction of sp³-hybridized carbons (Fsp3) is 0.111. The highest BCUT2D eigenvalue weighted by Crippen LogP contribution is 2.60. The van der Waals surface area contributed by atoms with Gasteiger partial charge in [-0.3, -0.25) is 0 Å². The molecule has 0 spiro atoms. The van der Waals surface area contributed by atoms with Crippen LogP contribution in [0, 0.1) is 0 Å². The van der Waals surface area contributed by atoms with Gasteiger partial charge in [0.1, 0.15) is 34.5 Å². The molecule has 12 heteroatoms. The molecule has 0 fully saturated rings. The molecule has 0 atom stereocenters. The summed E-state index contributed by atoms with van der Waals surface area (Å²) in [5.74, 6) is -3.03. The smallest absolute Gasteiger partial charge is 0.411 e. The van der Waals surface area contributed by atoms with E-state index >= 15 is 0 Å². The van der Waals surface area contributed by atoms with Crippen molar-refractivity contribution in [3.63, 3.8) is 0 Å². The van der Waals surface area contributed by atoms with Crippen LogP contribution in [0.2, 0.25) is 0 Å². The summed E-state index contributed by atoms with van der Waals surface area (Å²) in [6, 6.07) is 14.2. The van der Waals surface area contributed by atoms with Crippen molar-refractivity contribution >= 4 is 11.4 Å². The van der Waals surface area contributed by atoms with Crippen molar-refractivity contribution in [1.82, 2.24) is 0 Å². The molecule has 0 amide bonds. The van der Waals surface area contributed by atoms with Crippen molar-refractivity contribution in [2.75, 3.05) is 11.5 Å². The number of nitrogen functional groups attached to an aromatic ring is 2. The third-order valence-corrected chi connectivity index (χ3v) is 5.89. The topological polar surface area (TPSA) is 111 Å². The third-order valence-electron chi connectivity index (χ3n) is 5.89. The highest BCUT2D eigenvalue weighted by molar-refractivity contribution is 5.59. The maximum Gasteiger partial charge on any atom is 0.411 e. The first-order valence-corrected chi connectivity index (χ1v) is 11.1. The number of hydrogen-bond acceptors (Lipinski definition) is 6. The van der Waals surface area contributed by atoms with E-state index in [1.54, 1.807) is 0 Å². The fourth-order valence-corrected chi connectivity index (χ4v) is 4.08. The van der Waals surface area contributed by atoms with Crippen LogP contribution in [0.25, 0.3) is 0 Å². The van der Waals surface area contributed by atoms with Crippen molar-refractivity contribution < 1.29 is 46.0 Å². The van der Waals surface area contributed by atoms with Gasteiger partial charge in [0.2, 0.25) is 5.41 Å². The Balaban J connectivity index is 1.98. The van der Waals surface area contributed by atoms with Gasteiger partial charge in [0.25, 0.3) is 0 Å². The van der Waals surface area contributed by atoms with Crippen LogP contribution < -0.4 is 20.9 Å². The molecule has 0 saturated heterocycles. The second-order valence-electron chi connectivity index (χ2n) is 8.38. The van der Waals surface area contributed by atoms with Crippen LogP contribution in [-0.2, 0) is 5.41 Å². The van der Waals surface area contributed by atoms with E-state index in [4.69, 9.17) is 20.9 Å². The highest BCUT2D eigenvalue weighted by atomic mass is 19.4. The fourth-order valence-electron chi connectivity index (χ4n) is 4.08. The maximum absolute atomic E-state index is 15.0. The minimum atomic E-state index is -5.96. The van der Waals surface area contributed by atoms with Gasteiger partial charge < -0.3 is 31.2 Å². The molecule has 0 aliphatic rings. The normalized spacial score (nSPS) is 12.3. The Bertz CT molecular complexity index is 1390. The second kappa shape index (κ2) is 9.86. The lowest BCUT2D eigenvalue weighted by Crippen LogP contribution is -2.55. The number of alkyl halides is 6. The number of rotatable bonds is 6. The van der Waals surface area contributed by atoms with E-state index in [9.17, 15) is 36.6 Å². The first-order chi connectivity index (χ1) is 18.3. The molecule has 0 unspecified atom stereocenters. The first-order valence-electron chi connectivity index (χ1n) is 11.1. The van der Waals surface area contributed by atoms with Gasteiger partial charge in [-0.2, -0.15) is 26.3 Å². The summed E-state index contributed by atoms with van der Waals surface area (Å²) in [4.78, 5) is 0. The van der Waals surface area contributed by atoms with E-state index < -0.39 is 51.9 Å². The predicted molar refractivity (Wildman–Crippen MR) is 131 cm³/mol. The number of hydrogen-bond donors (Lipinski definition) is 4. The molecule has 0 heterocycles. The molecule has 39 heavy (non-hydrogen) atoms. The van der Waals surface area contributed by atoms with Crippen LogP contribution >= 0.6 is 0 Å². The van der Waals surface area contributed by atoms with Crippen molar-refractivity contribution in [1.29, 1.82) is 0 Å². The van der Waals surface area contributed by atoms with Gasteiger partial charge in [-0.15, -0.1) is 0 Å². The van der Waals surface area contributed by atoms with Gasteiger partial charge in [-0.25, -0.2) is 0 Å². The molecule has 0 saturated carbocycles. The van der Waals surface area contributed by atoms with Gasteiger partial charge in [0.15, 0.2) is 0 Å². The molecule has 6 nitrogen and oxygen atoms in total. The lowest BCUT2D eigenvalue weighted by molar-refractivity contribution is -0.289. The Morgan fingerprint density at radius 2 is 0.897 bits per heavy atom. The molecule has 0 aliphatic heterocycles. The number of nitrogens with two attached hydrogens (primary N) is 2.